The van der Waals surface area contributed by atoms with E-state index in [-0.39, 0.29) is 22.5 Å². The normalized spacial score (nSPS) is 12.8. The summed E-state index contributed by atoms with van der Waals surface area (Å²) in [6, 6.07) is 1.33. The summed E-state index contributed by atoms with van der Waals surface area (Å²) in [5.41, 5.74) is 0. The van der Waals surface area contributed by atoms with Crippen LogP contribution in [0.3, 0.4) is 0 Å². The van der Waals surface area contributed by atoms with E-state index in [0.717, 1.165) is 0 Å². The maximum Gasteiger partial charge on any atom is 0.389 e. The van der Waals surface area contributed by atoms with Gasteiger partial charge in [-0.05, 0) is 28.9 Å². The van der Waals surface area contributed by atoms with Gasteiger partial charge in [0.1, 0.15) is 10.7 Å². The Bertz CT molecular complexity index is 558. The summed E-state index contributed by atoms with van der Waals surface area (Å²) in [4.78, 5) is -0.123. The van der Waals surface area contributed by atoms with Crippen molar-refractivity contribution in [2.45, 2.75) is 37.4 Å². The molecule has 0 aromatic carbocycles. The number of sulfonamides is 1. The fourth-order valence-electron chi connectivity index (χ4n) is 1.49. The molecule has 2 N–H and O–H groups in total. The van der Waals surface area contributed by atoms with E-state index in [9.17, 15) is 21.6 Å². The molecule has 0 unspecified atom stereocenters. The highest BCUT2D eigenvalue weighted by Gasteiger charge is 2.27. The lowest BCUT2D eigenvalue weighted by Crippen LogP contribution is -2.25. The lowest BCUT2D eigenvalue weighted by Gasteiger charge is -2.07. The third kappa shape index (κ3) is 6.37. The number of furan rings is 1. The predicted molar refractivity (Wildman–Crippen MR) is 74.3 cm³/mol. The van der Waals surface area contributed by atoms with E-state index in [1.54, 1.807) is 0 Å². The second kappa shape index (κ2) is 7.61. The van der Waals surface area contributed by atoms with Gasteiger partial charge >= 0.3 is 6.18 Å². The van der Waals surface area contributed by atoms with Gasteiger partial charge in [-0.25, -0.2) is 13.1 Å². The minimum atomic E-state index is -4.29. The average Bonchev–Trinajstić information content (AvgIpc) is 2.73. The molecule has 0 aliphatic carbocycles. The lowest BCUT2D eigenvalue weighted by molar-refractivity contribution is -0.135. The Balaban J connectivity index is 2.63. The van der Waals surface area contributed by atoms with Gasteiger partial charge in [0.05, 0.1) is 6.54 Å². The molecule has 0 aliphatic rings. The third-order valence-electron chi connectivity index (χ3n) is 2.47. The summed E-state index contributed by atoms with van der Waals surface area (Å²) >= 11 is 2.99. The maximum atomic E-state index is 12.0. The van der Waals surface area contributed by atoms with E-state index < -0.39 is 22.6 Å². The summed E-state index contributed by atoms with van der Waals surface area (Å²) < 4.78 is 67.2. The largest absolute Gasteiger partial charge is 0.452 e. The van der Waals surface area contributed by atoms with E-state index in [1.165, 1.54) is 6.07 Å². The Kier molecular flexibility index (Phi) is 6.70. The van der Waals surface area contributed by atoms with Crippen molar-refractivity contribution in [2.24, 2.45) is 0 Å². The van der Waals surface area contributed by atoms with Crippen LogP contribution in [0.1, 0.15) is 25.5 Å². The first-order valence-electron chi connectivity index (χ1n) is 6.21. The van der Waals surface area contributed by atoms with Gasteiger partial charge in [0, 0.05) is 19.0 Å². The molecule has 1 heterocycles. The fraction of sp³-hybridized carbons (Fsp3) is 0.636. The van der Waals surface area contributed by atoms with Crippen LogP contribution in [-0.2, 0) is 16.6 Å². The number of hydrogen-bond donors (Lipinski definition) is 2. The molecule has 10 heteroatoms. The van der Waals surface area contributed by atoms with Crippen molar-refractivity contribution in [1.82, 2.24) is 10.0 Å². The van der Waals surface area contributed by atoms with Gasteiger partial charge in [0.25, 0.3) is 0 Å². The molecule has 122 valence electrons. The minimum Gasteiger partial charge on any atom is -0.452 e. The second-order valence-electron chi connectivity index (χ2n) is 4.25. The Labute approximate surface area is 129 Å². The summed E-state index contributed by atoms with van der Waals surface area (Å²) in [6.07, 6.45) is -5.64. The molecule has 1 aromatic rings. The van der Waals surface area contributed by atoms with Crippen LogP contribution in [0.25, 0.3) is 0 Å². The minimum absolute atomic E-state index is 0.0266. The summed E-state index contributed by atoms with van der Waals surface area (Å²) in [5, 5.41) is 2.97. The standard InChI is InChI=1S/C11H16BrF3N2O3S/c1-2-16-7-8-6-9(10(12)20-8)21(18,19)17-5-3-4-11(13,14)15/h6,16-17H,2-5,7H2,1H3. The first kappa shape index (κ1) is 18.5. The smallest absolute Gasteiger partial charge is 0.389 e. The molecule has 0 atom stereocenters. The van der Waals surface area contributed by atoms with E-state index in [4.69, 9.17) is 4.42 Å². The first-order chi connectivity index (χ1) is 9.65. The summed E-state index contributed by atoms with van der Waals surface area (Å²) in [6.45, 7) is 2.65. The Hall–Kier alpha value is -0.580. The molecule has 5 nitrogen and oxygen atoms in total. The van der Waals surface area contributed by atoms with E-state index in [1.807, 2.05) is 6.92 Å². The third-order valence-corrected chi connectivity index (χ3v) is 4.79. The number of halogens is 4. The lowest BCUT2D eigenvalue weighted by atomic mass is 10.3. The van der Waals surface area contributed by atoms with Crippen molar-refractivity contribution in [2.75, 3.05) is 13.1 Å². The zero-order chi connectivity index (χ0) is 16.1. The molecule has 21 heavy (non-hydrogen) atoms. The number of hydrogen-bond acceptors (Lipinski definition) is 4. The van der Waals surface area contributed by atoms with E-state index >= 15 is 0 Å². The van der Waals surface area contributed by atoms with Crippen molar-refractivity contribution in [3.63, 3.8) is 0 Å². The zero-order valence-electron chi connectivity index (χ0n) is 11.3. The van der Waals surface area contributed by atoms with Crippen molar-refractivity contribution in [1.29, 1.82) is 0 Å². The number of alkyl halides is 3. The summed E-state index contributed by atoms with van der Waals surface area (Å²) in [7, 11) is -3.90. The van der Waals surface area contributed by atoms with Gasteiger partial charge in [-0.2, -0.15) is 13.2 Å². The molecule has 0 bridgehead atoms. The van der Waals surface area contributed by atoms with Crippen LogP contribution in [0.15, 0.2) is 20.0 Å². The molecule has 0 radical (unpaired) electrons. The van der Waals surface area contributed by atoms with Gasteiger partial charge in [-0.3, -0.25) is 0 Å². The Morgan fingerprint density at radius 3 is 2.62 bits per heavy atom. The first-order valence-corrected chi connectivity index (χ1v) is 8.48. The molecule has 0 amide bonds. The van der Waals surface area contributed by atoms with Crippen LogP contribution >= 0.6 is 15.9 Å². The van der Waals surface area contributed by atoms with E-state index in [0.29, 0.717) is 18.8 Å². The quantitative estimate of drug-likeness (QED) is 0.667. The van der Waals surface area contributed by atoms with Gasteiger partial charge in [-0.15, -0.1) is 0 Å². The maximum absolute atomic E-state index is 12.0. The zero-order valence-corrected chi connectivity index (χ0v) is 13.7. The molecule has 0 saturated heterocycles. The molecule has 1 aromatic heterocycles. The van der Waals surface area contributed by atoms with Crippen molar-refractivity contribution in [3.05, 3.63) is 16.5 Å². The Morgan fingerprint density at radius 2 is 2.05 bits per heavy atom. The van der Waals surface area contributed by atoms with Crippen LogP contribution in [0.2, 0.25) is 0 Å². The van der Waals surface area contributed by atoms with Gasteiger partial charge in [0.15, 0.2) is 4.67 Å². The van der Waals surface area contributed by atoms with Crippen LogP contribution in [0, 0.1) is 0 Å². The van der Waals surface area contributed by atoms with Crippen LogP contribution < -0.4 is 10.0 Å². The average molecular weight is 393 g/mol. The van der Waals surface area contributed by atoms with E-state index in [2.05, 4.69) is 26.0 Å². The van der Waals surface area contributed by atoms with Crippen LogP contribution in [-0.4, -0.2) is 27.7 Å². The van der Waals surface area contributed by atoms with Crippen molar-refractivity contribution in [3.8, 4) is 0 Å². The van der Waals surface area contributed by atoms with Crippen LogP contribution in [0.4, 0.5) is 13.2 Å². The van der Waals surface area contributed by atoms with Gasteiger partial charge in [-0.1, -0.05) is 6.92 Å². The van der Waals surface area contributed by atoms with Crippen molar-refractivity contribution >= 4 is 26.0 Å². The topological polar surface area (TPSA) is 71.3 Å². The second-order valence-corrected chi connectivity index (χ2v) is 6.70. The fourth-order valence-corrected chi connectivity index (χ4v) is 3.56. The summed E-state index contributed by atoms with van der Waals surface area (Å²) in [5.74, 6) is 0.416. The Morgan fingerprint density at radius 1 is 1.38 bits per heavy atom. The molecule has 0 saturated carbocycles. The molecule has 0 fully saturated rings. The molecule has 1 rings (SSSR count). The highest BCUT2D eigenvalue weighted by Crippen LogP contribution is 2.26. The molecule has 0 aliphatic heterocycles. The highest BCUT2D eigenvalue weighted by molar-refractivity contribution is 9.10. The number of rotatable bonds is 8. The molecular formula is C11H16BrF3N2O3S. The SMILES string of the molecule is CCNCc1cc(S(=O)(=O)NCCCC(F)(F)F)c(Br)o1. The predicted octanol–water partition coefficient (Wildman–Crippen LogP) is 2.77. The molecular weight excluding hydrogens is 377 g/mol. The number of nitrogens with one attached hydrogen (secondary N) is 2. The monoisotopic (exact) mass is 392 g/mol. The highest BCUT2D eigenvalue weighted by atomic mass is 79.9. The van der Waals surface area contributed by atoms with Gasteiger partial charge < -0.3 is 9.73 Å². The van der Waals surface area contributed by atoms with Gasteiger partial charge in [0.2, 0.25) is 10.0 Å². The van der Waals surface area contributed by atoms with Crippen LogP contribution in [0.5, 0.6) is 0 Å². The molecule has 0 spiro atoms. The van der Waals surface area contributed by atoms with Crippen molar-refractivity contribution < 1.29 is 26.0 Å².